The van der Waals surface area contributed by atoms with Crippen LogP contribution in [0.3, 0.4) is 0 Å². The Kier molecular flexibility index (Phi) is 3.28. The van der Waals surface area contributed by atoms with Crippen LogP contribution in [0.5, 0.6) is 0 Å². The first kappa shape index (κ1) is 13.5. The fraction of sp³-hybridized carbons (Fsp3) is 0. The number of aromatic nitrogens is 5. The van der Waals surface area contributed by atoms with E-state index >= 15 is 0 Å². The summed E-state index contributed by atoms with van der Waals surface area (Å²) in [7, 11) is 0. The van der Waals surface area contributed by atoms with Crippen molar-refractivity contribution in [2.24, 2.45) is 0 Å². The van der Waals surface area contributed by atoms with Gasteiger partial charge in [0.25, 0.3) is 5.91 Å². The van der Waals surface area contributed by atoms with Crippen LogP contribution in [0.1, 0.15) is 10.4 Å². The highest BCUT2D eigenvalue weighted by Crippen LogP contribution is 2.22. The first-order chi connectivity index (χ1) is 11.3. The highest BCUT2D eigenvalue weighted by atomic mass is 32.1. The first-order valence-electron chi connectivity index (χ1n) is 6.79. The average molecular weight is 322 g/mol. The van der Waals surface area contributed by atoms with Crippen LogP contribution in [-0.2, 0) is 0 Å². The number of hydrogen-bond donors (Lipinski definition) is 1. The van der Waals surface area contributed by atoms with Gasteiger partial charge < -0.3 is 5.32 Å². The molecule has 2 aromatic carbocycles. The summed E-state index contributed by atoms with van der Waals surface area (Å²) in [5, 5.41) is 10.4. The first-order valence-corrected chi connectivity index (χ1v) is 7.52. The molecule has 0 saturated carbocycles. The monoisotopic (exact) mass is 322 g/mol. The number of nitrogens with one attached hydrogen (secondary N) is 1. The van der Waals surface area contributed by atoms with Gasteiger partial charge >= 0.3 is 0 Å². The van der Waals surface area contributed by atoms with Crippen molar-refractivity contribution in [3.05, 3.63) is 60.7 Å². The van der Waals surface area contributed by atoms with Gasteiger partial charge in [0, 0.05) is 11.3 Å². The molecule has 0 aliphatic heterocycles. The predicted molar refractivity (Wildman–Crippen MR) is 86.7 cm³/mol. The van der Waals surface area contributed by atoms with Crippen molar-refractivity contribution in [2.45, 2.75) is 0 Å². The number of anilines is 1. The summed E-state index contributed by atoms with van der Waals surface area (Å²) in [4.78, 5) is 12.5. The van der Waals surface area contributed by atoms with Crippen LogP contribution in [0.15, 0.2) is 55.1 Å². The van der Waals surface area contributed by atoms with Gasteiger partial charge in [-0.05, 0) is 30.3 Å². The molecule has 23 heavy (non-hydrogen) atoms. The van der Waals surface area contributed by atoms with Gasteiger partial charge in [-0.15, -0.1) is 10.2 Å². The molecule has 0 aliphatic carbocycles. The lowest BCUT2D eigenvalue weighted by Gasteiger charge is -2.07. The van der Waals surface area contributed by atoms with E-state index < -0.39 is 0 Å². The molecule has 4 rings (SSSR count). The van der Waals surface area contributed by atoms with E-state index in [1.807, 2.05) is 30.3 Å². The summed E-state index contributed by atoms with van der Waals surface area (Å²) < 4.78 is 10.1. The highest BCUT2D eigenvalue weighted by molar-refractivity contribution is 7.00. The van der Waals surface area contributed by atoms with Gasteiger partial charge in [-0.3, -0.25) is 9.36 Å². The van der Waals surface area contributed by atoms with Crippen LogP contribution in [0.2, 0.25) is 0 Å². The fourth-order valence-electron chi connectivity index (χ4n) is 2.24. The minimum absolute atomic E-state index is 0.208. The Hall–Kier alpha value is -3.13. The van der Waals surface area contributed by atoms with Crippen LogP contribution in [0.25, 0.3) is 16.7 Å². The Labute approximate surface area is 134 Å². The summed E-state index contributed by atoms with van der Waals surface area (Å²) in [6, 6.07) is 12.7. The summed E-state index contributed by atoms with van der Waals surface area (Å²) >= 11 is 1.12. The average Bonchev–Trinajstić information content (AvgIpc) is 3.27. The second-order valence-electron chi connectivity index (χ2n) is 4.81. The lowest BCUT2D eigenvalue weighted by Crippen LogP contribution is -2.12. The zero-order valence-corrected chi connectivity index (χ0v) is 12.6. The van der Waals surface area contributed by atoms with Gasteiger partial charge in [-0.1, -0.05) is 12.1 Å². The molecular formula is C15H10N6OS. The van der Waals surface area contributed by atoms with E-state index in [2.05, 4.69) is 24.3 Å². The van der Waals surface area contributed by atoms with Crippen molar-refractivity contribution in [2.75, 3.05) is 5.32 Å². The normalized spacial score (nSPS) is 10.8. The van der Waals surface area contributed by atoms with Crippen LogP contribution >= 0.6 is 11.7 Å². The molecule has 2 aromatic heterocycles. The molecule has 8 heteroatoms. The lowest BCUT2D eigenvalue weighted by molar-refractivity contribution is 0.102. The molecule has 1 N–H and O–H groups in total. The van der Waals surface area contributed by atoms with Crippen molar-refractivity contribution in [3.63, 3.8) is 0 Å². The van der Waals surface area contributed by atoms with Gasteiger partial charge in [0.2, 0.25) is 0 Å². The molecule has 1 amide bonds. The number of amides is 1. The third-order valence-corrected chi connectivity index (χ3v) is 3.90. The molecule has 7 nitrogen and oxygen atoms in total. The topological polar surface area (TPSA) is 85.6 Å². The van der Waals surface area contributed by atoms with Crippen LogP contribution < -0.4 is 5.32 Å². The van der Waals surface area contributed by atoms with E-state index in [0.717, 1.165) is 22.9 Å². The van der Waals surface area contributed by atoms with Crippen LogP contribution in [0.4, 0.5) is 5.69 Å². The van der Waals surface area contributed by atoms with E-state index in [1.54, 1.807) is 29.4 Å². The minimum Gasteiger partial charge on any atom is -0.320 e. The minimum atomic E-state index is -0.208. The molecule has 0 saturated heterocycles. The zero-order chi connectivity index (χ0) is 15.6. The largest absolute Gasteiger partial charge is 0.320 e. The molecule has 0 unspecified atom stereocenters. The standard InChI is InChI=1S/C15H10N6OS/c22-15(18-12-5-2-6-13-14(12)20-23-19-13)10-3-1-4-11(7-10)21-8-16-17-9-21/h1-9H,(H,18,22). The molecule has 4 aromatic rings. The number of rotatable bonds is 3. The second-order valence-corrected chi connectivity index (χ2v) is 5.34. The predicted octanol–water partition coefficient (Wildman–Crippen LogP) is 2.52. The molecule has 0 fully saturated rings. The maximum absolute atomic E-state index is 12.5. The fourth-order valence-corrected chi connectivity index (χ4v) is 2.79. The molecule has 112 valence electrons. The Morgan fingerprint density at radius 1 is 1.04 bits per heavy atom. The van der Waals surface area contributed by atoms with Crippen molar-refractivity contribution >= 4 is 34.4 Å². The smallest absolute Gasteiger partial charge is 0.255 e. The molecular weight excluding hydrogens is 312 g/mol. The number of carbonyl (C=O) groups excluding carboxylic acids is 1. The number of nitrogens with zero attached hydrogens (tertiary/aromatic N) is 5. The molecule has 0 aliphatic rings. The van der Waals surface area contributed by atoms with Gasteiger partial charge in [-0.25, -0.2) is 0 Å². The van der Waals surface area contributed by atoms with Crippen molar-refractivity contribution in [3.8, 4) is 5.69 Å². The van der Waals surface area contributed by atoms with E-state index in [1.165, 1.54) is 0 Å². The Morgan fingerprint density at radius 2 is 1.87 bits per heavy atom. The molecule has 0 spiro atoms. The van der Waals surface area contributed by atoms with Gasteiger partial charge in [0.1, 0.15) is 23.7 Å². The third kappa shape index (κ3) is 2.55. The van der Waals surface area contributed by atoms with Crippen molar-refractivity contribution < 1.29 is 4.79 Å². The Balaban J connectivity index is 1.65. The molecule has 0 radical (unpaired) electrons. The quantitative estimate of drug-likeness (QED) is 0.626. The summed E-state index contributed by atoms with van der Waals surface area (Å²) in [5.74, 6) is -0.208. The van der Waals surface area contributed by atoms with Crippen LogP contribution in [-0.4, -0.2) is 29.4 Å². The number of benzene rings is 2. The summed E-state index contributed by atoms with van der Waals surface area (Å²) in [5.41, 5.74) is 3.47. The Bertz CT molecular complexity index is 978. The van der Waals surface area contributed by atoms with E-state index in [9.17, 15) is 4.79 Å². The van der Waals surface area contributed by atoms with Crippen molar-refractivity contribution in [1.82, 2.24) is 23.5 Å². The number of fused-ring (bicyclic) bond motifs is 1. The van der Waals surface area contributed by atoms with Gasteiger partial charge in [-0.2, -0.15) is 8.75 Å². The SMILES string of the molecule is O=C(Nc1cccc2nsnc12)c1cccc(-n2cnnc2)c1. The molecule has 2 heterocycles. The maximum atomic E-state index is 12.5. The number of carbonyl (C=O) groups is 1. The van der Waals surface area contributed by atoms with E-state index in [-0.39, 0.29) is 5.91 Å². The third-order valence-electron chi connectivity index (χ3n) is 3.36. The van der Waals surface area contributed by atoms with E-state index in [0.29, 0.717) is 16.8 Å². The van der Waals surface area contributed by atoms with Gasteiger partial charge in [0.05, 0.1) is 17.4 Å². The van der Waals surface area contributed by atoms with Gasteiger partial charge in [0.15, 0.2) is 0 Å². The highest BCUT2D eigenvalue weighted by Gasteiger charge is 2.11. The molecule has 0 bridgehead atoms. The Morgan fingerprint density at radius 3 is 2.74 bits per heavy atom. The summed E-state index contributed by atoms with van der Waals surface area (Å²) in [6.07, 6.45) is 3.16. The molecule has 0 atom stereocenters. The summed E-state index contributed by atoms with van der Waals surface area (Å²) in [6.45, 7) is 0. The zero-order valence-electron chi connectivity index (χ0n) is 11.7. The van der Waals surface area contributed by atoms with E-state index in [4.69, 9.17) is 0 Å². The lowest BCUT2D eigenvalue weighted by atomic mass is 10.1. The maximum Gasteiger partial charge on any atom is 0.255 e. The number of hydrogen-bond acceptors (Lipinski definition) is 6. The second kappa shape index (κ2) is 5.58. The van der Waals surface area contributed by atoms with Crippen LogP contribution in [0, 0.1) is 0 Å². The van der Waals surface area contributed by atoms with Crippen molar-refractivity contribution in [1.29, 1.82) is 0 Å².